The maximum atomic E-state index is 12.5. The van der Waals surface area contributed by atoms with E-state index in [0.717, 1.165) is 11.3 Å². The molecule has 2 atom stereocenters. The van der Waals surface area contributed by atoms with E-state index in [9.17, 15) is 9.59 Å². The zero-order valence-corrected chi connectivity index (χ0v) is 12.3. The summed E-state index contributed by atoms with van der Waals surface area (Å²) in [6.07, 6.45) is 0. The lowest BCUT2D eigenvalue weighted by Gasteiger charge is -2.45. The minimum absolute atomic E-state index is 0.210. The smallest absolute Gasteiger partial charge is 0.321 e. The van der Waals surface area contributed by atoms with E-state index < -0.39 is 11.9 Å². The minimum Gasteiger partial charge on any atom is -0.465 e. The highest BCUT2D eigenvalue weighted by Crippen LogP contribution is 2.43. The van der Waals surface area contributed by atoms with Gasteiger partial charge in [0.15, 0.2) is 5.92 Å². The zero-order chi connectivity index (χ0) is 15.5. The Bertz CT molecular complexity index is 669. The van der Waals surface area contributed by atoms with Crippen LogP contribution in [0.3, 0.4) is 0 Å². The molecule has 1 saturated heterocycles. The average Bonchev–Trinajstić information content (AvgIpc) is 2.54. The Balaban J connectivity index is 1.97. The third kappa shape index (κ3) is 2.37. The second-order valence-corrected chi connectivity index (χ2v) is 5.13. The third-order valence-electron chi connectivity index (χ3n) is 3.81. The largest absolute Gasteiger partial charge is 0.465 e. The van der Waals surface area contributed by atoms with Gasteiger partial charge >= 0.3 is 5.97 Å². The monoisotopic (exact) mass is 295 g/mol. The number of para-hydroxylation sites is 1. The normalized spacial score (nSPS) is 20.4. The molecule has 0 saturated carbocycles. The fourth-order valence-electron chi connectivity index (χ4n) is 2.82. The van der Waals surface area contributed by atoms with Gasteiger partial charge < -0.3 is 9.64 Å². The van der Waals surface area contributed by atoms with Crippen LogP contribution in [0.5, 0.6) is 0 Å². The molecule has 2 aromatic carbocycles. The first-order chi connectivity index (χ1) is 10.7. The van der Waals surface area contributed by atoms with Crippen LogP contribution in [0.15, 0.2) is 60.7 Å². The van der Waals surface area contributed by atoms with Gasteiger partial charge in [0.1, 0.15) is 0 Å². The Morgan fingerprint density at radius 2 is 1.64 bits per heavy atom. The number of nitrogens with zero attached hydrogens (tertiary/aromatic N) is 1. The molecule has 1 aliphatic heterocycles. The van der Waals surface area contributed by atoms with Crippen molar-refractivity contribution in [3.63, 3.8) is 0 Å². The topological polar surface area (TPSA) is 46.6 Å². The van der Waals surface area contributed by atoms with E-state index in [0.29, 0.717) is 0 Å². The summed E-state index contributed by atoms with van der Waals surface area (Å²) in [7, 11) is 0. The van der Waals surface area contributed by atoms with Crippen LogP contribution in [0.2, 0.25) is 0 Å². The van der Waals surface area contributed by atoms with Crippen LogP contribution in [0.1, 0.15) is 18.5 Å². The molecule has 0 bridgehead atoms. The van der Waals surface area contributed by atoms with Crippen molar-refractivity contribution in [2.45, 2.75) is 13.0 Å². The Hall–Kier alpha value is -2.62. The Labute approximate surface area is 129 Å². The van der Waals surface area contributed by atoms with Crippen molar-refractivity contribution in [1.82, 2.24) is 0 Å². The Kier molecular flexibility index (Phi) is 3.92. The summed E-state index contributed by atoms with van der Waals surface area (Å²) in [6.45, 7) is 2.02. The second kappa shape index (κ2) is 6.02. The van der Waals surface area contributed by atoms with Crippen molar-refractivity contribution in [3.8, 4) is 0 Å². The molecule has 1 fully saturated rings. The molecule has 1 amide bonds. The Morgan fingerprint density at radius 1 is 1.05 bits per heavy atom. The van der Waals surface area contributed by atoms with Crippen molar-refractivity contribution in [3.05, 3.63) is 66.2 Å². The van der Waals surface area contributed by atoms with Gasteiger partial charge in [-0.3, -0.25) is 9.59 Å². The summed E-state index contributed by atoms with van der Waals surface area (Å²) in [5, 5.41) is 0. The minimum atomic E-state index is -0.762. The van der Waals surface area contributed by atoms with Crippen LogP contribution < -0.4 is 4.90 Å². The fourth-order valence-corrected chi connectivity index (χ4v) is 2.82. The van der Waals surface area contributed by atoms with E-state index in [2.05, 4.69) is 0 Å². The van der Waals surface area contributed by atoms with E-state index in [4.69, 9.17) is 4.74 Å². The van der Waals surface area contributed by atoms with Crippen molar-refractivity contribution in [2.75, 3.05) is 11.5 Å². The molecule has 1 aliphatic rings. The van der Waals surface area contributed by atoms with Gasteiger partial charge in [-0.15, -0.1) is 0 Å². The SMILES string of the molecule is CCOC(=O)[C@@H]1C(=O)N(c2ccccc2)[C@H]1c1ccccc1. The van der Waals surface area contributed by atoms with Crippen LogP contribution >= 0.6 is 0 Å². The maximum absolute atomic E-state index is 12.5. The number of ether oxygens (including phenoxy) is 1. The summed E-state index contributed by atoms with van der Waals surface area (Å²) in [6, 6.07) is 18.7. The number of hydrogen-bond acceptors (Lipinski definition) is 3. The van der Waals surface area contributed by atoms with Crippen molar-refractivity contribution in [2.24, 2.45) is 5.92 Å². The van der Waals surface area contributed by atoms with Gasteiger partial charge in [-0.25, -0.2) is 0 Å². The molecule has 112 valence electrons. The van der Waals surface area contributed by atoms with Gasteiger partial charge in [0.25, 0.3) is 0 Å². The summed E-state index contributed by atoms with van der Waals surface area (Å²) < 4.78 is 5.07. The fraction of sp³-hybridized carbons (Fsp3) is 0.222. The molecule has 4 nitrogen and oxygen atoms in total. The van der Waals surface area contributed by atoms with E-state index >= 15 is 0 Å². The summed E-state index contributed by atoms with van der Waals surface area (Å²) in [4.78, 5) is 26.3. The second-order valence-electron chi connectivity index (χ2n) is 5.13. The molecule has 2 aromatic rings. The number of rotatable bonds is 4. The summed E-state index contributed by atoms with van der Waals surface area (Å²) in [5.41, 5.74) is 1.73. The first kappa shape index (κ1) is 14.3. The molecule has 0 spiro atoms. The van der Waals surface area contributed by atoms with Gasteiger partial charge in [0.2, 0.25) is 5.91 Å². The van der Waals surface area contributed by atoms with Crippen LogP contribution in [-0.4, -0.2) is 18.5 Å². The number of anilines is 1. The molecule has 22 heavy (non-hydrogen) atoms. The molecule has 0 unspecified atom stereocenters. The molecule has 3 rings (SSSR count). The number of hydrogen-bond donors (Lipinski definition) is 0. The highest BCUT2D eigenvalue weighted by molar-refractivity contribution is 6.14. The van der Waals surface area contributed by atoms with E-state index in [-0.39, 0.29) is 18.6 Å². The molecule has 0 aliphatic carbocycles. The van der Waals surface area contributed by atoms with Crippen molar-refractivity contribution >= 4 is 17.6 Å². The van der Waals surface area contributed by atoms with Crippen molar-refractivity contribution < 1.29 is 14.3 Å². The van der Waals surface area contributed by atoms with Gasteiger partial charge in [-0.2, -0.15) is 0 Å². The van der Waals surface area contributed by atoms with Crippen LogP contribution in [0, 0.1) is 5.92 Å². The molecule has 0 N–H and O–H groups in total. The Morgan fingerprint density at radius 3 is 2.23 bits per heavy atom. The molecule has 4 heteroatoms. The van der Waals surface area contributed by atoms with Crippen LogP contribution in [-0.2, 0) is 14.3 Å². The van der Waals surface area contributed by atoms with Crippen LogP contribution in [0.25, 0.3) is 0 Å². The van der Waals surface area contributed by atoms with Gasteiger partial charge in [0.05, 0.1) is 12.6 Å². The number of amides is 1. The van der Waals surface area contributed by atoms with E-state index in [1.807, 2.05) is 60.7 Å². The number of benzene rings is 2. The molecule has 1 heterocycles. The van der Waals surface area contributed by atoms with Crippen molar-refractivity contribution in [1.29, 1.82) is 0 Å². The number of β-lactam (4-membered cyclic amide) rings is 1. The molecule has 0 aromatic heterocycles. The zero-order valence-electron chi connectivity index (χ0n) is 12.3. The number of carbonyl (C=O) groups excluding carboxylic acids is 2. The lowest BCUT2D eigenvalue weighted by Crippen LogP contribution is -2.58. The first-order valence-electron chi connectivity index (χ1n) is 7.33. The quantitative estimate of drug-likeness (QED) is 0.495. The van der Waals surface area contributed by atoms with Gasteiger partial charge in [-0.05, 0) is 24.6 Å². The van der Waals surface area contributed by atoms with Gasteiger partial charge in [0, 0.05) is 5.69 Å². The van der Waals surface area contributed by atoms with E-state index in [1.165, 1.54) is 0 Å². The molecular formula is C18H17NO3. The number of carbonyl (C=O) groups is 2. The van der Waals surface area contributed by atoms with Gasteiger partial charge in [-0.1, -0.05) is 48.5 Å². The maximum Gasteiger partial charge on any atom is 0.321 e. The molecular weight excluding hydrogens is 278 g/mol. The highest BCUT2D eigenvalue weighted by atomic mass is 16.5. The molecule has 0 radical (unpaired) electrons. The summed E-state index contributed by atoms with van der Waals surface area (Å²) >= 11 is 0. The van der Waals surface area contributed by atoms with E-state index in [1.54, 1.807) is 11.8 Å². The lowest BCUT2D eigenvalue weighted by atomic mass is 9.81. The highest BCUT2D eigenvalue weighted by Gasteiger charge is 2.53. The predicted octanol–water partition coefficient (Wildman–Crippen LogP) is 2.95. The predicted molar refractivity (Wildman–Crippen MR) is 83.2 cm³/mol. The summed E-state index contributed by atoms with van der Waals surface area (Å²) in [5.74, 6) is -1.42. The lowest BCUT2D eigenvalue weighted by molar-refractivity contribution is -0.157. The average molecular weight is 295 g/mol. The first-order valence-corrected chi connectivity index (χ1v) is 7.33. The standard InChI is InChI=1S/C18H17NO3/c1-2-22-18(21)15-16(13-9-5-3-6-10-13)19(17(15)20)14-11-7-4-8-12-14/h3-12,15-16H,2H2,1H3/t15-,16-/m0/s1. The number of esters is 1. The third-order valence-corrected chi connectivity index (χ3v) is 3.81. The van der Waals surface area contributed by atoms with Crippen LogP contribution in [0.4, 0.5) is 5.69 Å².